The normalized spacial score (nSPS) is 29.9. The maximum Gasteiger partial charge on any atom is 0.306 e. The van der Waals surface area contributed by atoms with Crippen molar-refractivity contribution in [2.75, 3.05) is 13.7 Å². The Kier molecular flexibility index (Phi) is 11.4. The number of allylic oxidation sites excluding steroid dienone is 1. The van der Waals surface area contributed by atoms with Gasteiger partial charge in [0.25, 0.3) is 5.56 Å². The highest BCUT2D eigenvalue weighted by molar-refractivity contribution is 7.90. The first-order chi connectivity index (χ1) is 27.0. The van der Waals surface area contributed by atoms with Crippen LogP contribution in [-0.2, 0) is 40.5 Å². The second-order valence-electron chi connectivity index (χ2n) is 18.1. The smallest absolute Gasteiger partial charge is 0.306 e. The van der Waals surface area contributed by atoms with Crippen molar-refractivity contribution in [2.24, 2.45) is 28.6 Å². The van der Waals surface area contributed by atoms with Crippen molar-refractivity contribution in [3.05, 3.63) is 47.3 Å². The number of nitrogens with one attached hydrogen (secondary N) is 1. The third-order valence-corrected chi connectivity index (χ3v) is 14.9. The molecular weight excluding hydrogens is 751 g/mol. The Morgan fingerprint density at radius 2 is 1.77 bits per heavy atom. The molecule has 310 valence electrons. The third kappa shape index (κ3) is 8.52. The third-order valence-electron chi connectivity index (χ3n) is 13.1. The number of hydrogen-bond acceptors (Lipinski definition) is 10. The Morgan fingerprint density at radius 3 is 2.46 bits per heavy atom. The minimum atomic E-state index is -3.87. The molecule has 2 aliphatic heterocycles. The van der Waals surface area contributed by atoms with E-state index >= 15 is 0 Å². The van der Waals surface area contributed by atoms with E-state index in [1.54, 1.807) is 42.0 Å². The van der Waals surface area contributed by atoms with Crippen molar-refractivity contribution < 1.29 is 41.8 Å². The number of nitrogens with zero attached hydrogens (tertiary/aromatic N) is 2. The molecule has 0 unspecified atom stereocenters. The number of methoxy groups -OCH3 is 1. The van der Waals surface area contributed by atoms with Gasteiger partial charge in [0.1, 0.15) is 18.0 Å². The molecular formula is C43H57N3O10S. The fraction of sp³-hybridized carbons (Fsp3) is 0.651. The van der Waals surface area contributed by atoms with Crippen LogP contribution >= 0.6 is 0 Å². The zero-order chi connectivity index (χ0) is 40.9. The van der Waals surface area contributed by atoms with Gasteiger partial charge in [-0.1, -0.05) is 39.7 Å². The van der Waals surface area contributed by atoms with Gasteiger partial charge < -0.3 is 19.1 Å². The van der Waals surface area contributed by atoms with E-state index in [2.05, 4.69) is 11.3 Å². The molecule has 3 heterocycles. The SMILES string of the molecule is C=C[C@@H]1C[C@]1(CC(=O)[C@@H]1C[C@@H]2CN1C(=O)[C@H](C(C)(C)C)CC(=O)O[C@@H]1CCC[C@H]1CCCCCn1c(cc3cc(OC)ccc3c1=O)O2)C(=O)NS(=O)(=O)C1CC1. The number of benzene rings is 1. The minimum Gasteiger partial charge on any atom is -0.497 e. The fourth-order valence-corrected chi connectivity index (χ4v) is 10.7. The van der Waals surface area contributed by atoms with E-state index in [0.717, 1.165) is 38.5 Å². The number of pyridine rings is 1. The lowest BCUT2D eigenvalue weighted by Crippen LogP contribution is -2.48. The number of Topliss-reactive ketones (excluding diaryl/α,β-unsaturated/α-hetero) is 1. The van der Waals surface area contributed by atoms with Crippen LogP contribution in [0.2, 0.25) is 0 Å². The van der Waals surface area contributed by atoms with Crippen LogP contribution in [0.1, 0.15) is 104 Å². The highest BCUT2D eigenvalue weighted by Crippen LogP contribution is 2.57. The Labute approximate surface area is 334 Å². The van der Waals surface area contributed by atoms with E-state index in [4.69, 9.17) is 14.2 Å². The van der Waals surface area contributed by atoms with Crippen LogP contribution in [0, 0.1) is 28.6 Å². The summed E-state index contributed by atoms with van der Waals surface area (Å²) in [5, 5.41) is 0.519. The van der Waals surface area contributed by atoms with Gasteiger partial charge >= 0.3 is 5.97 Å². The van der Waals surface area contributed by atoms with Crippen molar-refractivity contribution in [1.29, 1.82) is 0 Å². The average Bonchev–Trinajstić information content (AvgIpc) is 4.05. The molecule has 13 nitrogen and oxygen atoms in total. The van der Waals surface area contributed by atoms with Crippen LogP contribution in [-0.4, -0.2) is 78.6 Å². The van der Waals surface area contributed by atoms with Gasteiger partial charge in [-0.05, 0) is 92.2 Å². The molecule has 57 heavy (non-hydrogen) atoms. The standard InChI is InChI=1S/C43H57N3O10S/c1-6-28-23-43(28,41(51)44-57(52,53)31-15-16-31)24-35(47)34-21-30-25-46(34)40(50)33(42(2,3)4)22-38(48)56-36-13-10-12-26(36)11-8-7-9-18-45-37(55-30)20-27-19-29(54-5)14-17-32(27)39(45)49/h6,14,17,19-20,26,28,30-31,33-34,36H,1,7-13,15-16,18,21-25H2,2-5H3,(H,44,51)/t26-,28-,30-,33-,34+,36-,43-/m1/s1. The molecule has 0 spiro atoms. The number of ether oxygens (including phenoxy) is 3. The maximum atomic E-state index is 14.8. The van der Waals surface area contributed by atoms with Crippen LogP contribution in [0.4, 0.5) is 0 Å². The summed E-state index contributed by atoms with van der Waals surface area (Å²) >= 11 is 0. The lowest BCUT2D eigenvalue weighted by atomic mass is 9.77. The number of rotatable bonds is 8. The van der Waals surface area contributed by atoms with Crippen molar-refractivity contribution in [3.63, 3.8) is 0 Å². The Bertz CT molecular complexity index is 2100. The highest BCUT2D eigenvalue weighted by Gasteiger charge is 2.61. The number of aromatic nitrogens is 1. The lowest BCUT2D eigenvalue weighted by Gasteiger charge is -2.35. The molecule has 2 amide bonds. The molecule has 1 saturated heterocycles. The number of hydrogen-bond donors (Lipinski definition) is 1. The monoisotopic (exact) mass is 807 g/mol. The molecule has 2 aromatic rings. The summed E-state index contributed by atoms with van der Waals surface area (Å²) < 4.78 is 47.7. The van der Waals surface area contributed by atoms with Gasteiger partial charge in [0.15, 0.2) is 11.7 Å². The molecule has 3 aliphatic carbocycles. The maximum absolute atomic E-state index is 14.8. The summed E-state index contributed by atoms with van der Waals surface area (Å²) in [6.07, 6.45) is 7.50. The molecule has 2 bridgehead atoms. The van der Waals surface area contributed by atoms with Crippen LogP contribution in [0.25, 0.3) is 10.8 Å². The first-order valence-electron chi connectivity index (χ1n) is 20.6. The van der Waals surface area contributed by atoms with Gasteiger partial charge in [-0.25, -0.2) is 8.42 Å². The van der Waals surface area contributed by atoms with E-state index in [9.17, 15) is 32.4 Å². The summed E-state index contributed by atoms with van der Waals surface area (Å²) in [6, 6.07) is 6.02. The Morgan fingerprint density at radius 1 is 1.02 bits per heavy atom. The van der Waals surface area contributed by atoms with E-state index in [1.165, 1.54) is 4.90 Å². The quantitative estimate of drug-likeness (QED) is 0.268. The van der Waals surface area contributed by atoms with Gasteiger partial charge in [0.05, 0.1) is 42.7 Å². The van der Waals surface area contributed by atoms with Gasteiger partial charge in [-0.3, -0.25) is 33.3 Å². The number of amides is 2. The Hall–Kier alpha value is -4.20. The largest absolute Gasteiger partial charge is 0.497 e. The van der Waals surface area contributed by atoms with Crippen molar-refractivity contribution in [2.45, 2.75) is 134 Å². The molecule has 7 rings (SSSR count). The summed E-state index contributed by atoms with van der Waals surface area (Å²) in [6.45, 7) is 9.88. The van der Waals surface area contributed by atoms with Crippen molar-refractivity contribution in [1.82, 2.24) is 14.2 Å². The summed E-state index contributed by atoms with van der Waals surface area (Å²) in [5.41, 5.74) is -2.23. The van der Waals surface area contributed by atoms with Crippen molar-refractivity contribution >= 4 is 44.4 Å². The first kappa shape index (κ1) is 41.0. The molecule has 1 aromatic carbocycles. The highest BCUT2D eigenvalue weighted by atomic mass is 32.2. The summed E-state index contributed by atoms with van der Waals surface area (Å²) in [7, 11) is -2.32. The summed E-state index contributed by atoms with van der Waals surface area (Å²) in [5.74, 6) is -2.13. The molecule has 1 aromatic heterocycles. The van der Waals surface area contributed by atoms with Gasteiger partial charge in [-0.15, -0.1) is 6.58 Å². The van der Waals surface area contributed by atoms with E-state index in [1.807, 2.05) is 20.8 Å². The first-order valence-corrected chi connectivity index (χ1v) is 22.2. The van der Waals surface area contributed by atoms with Crippen molar-refractivity contribution in [3.8, 4) is 11.6 Å². The molecule has 4 fully saturated rings. The van der Waals surface area contributed by atoms with E-state index in [-0.39, 0.29) is 49.8 Å². The second kappa shape index (κ2) is 15.9. The zero-order valence-electron chi connectivity index (χ0n) is 33.6. The number of fused-ring (bicyclic) bond motifs is 5. The summed E-state index contributed by atoms with van der Waals surface area (Å²) in [4.78, 5) is 72.3. The van der Waals surface area contributed by atoms with Crippen LogP contribution < -0.4 is 19.8 Å². The second-order valence-corrected chi connectivity index (χ2v) is 20.0. The zero-order valence-corrected chi connectivity index (χ0v) is 34.4. The topological polar surface area (TPSA) is 167 Å². The molecule has 14 heteroatoms. The number of esters is 1. The van der Waals surface area contributed by atoms with Gasteiger partial charge in [0, 0.05) is 30.8 Å². The Balaban J connectivity index is 1.25. The van der Waals surface area contributed by atoms with Crippen LogP contribution in [0.3, 0.4) is 0 Å². The molecule has 3 saturated carbocycles. The minimum absolute atomic E-state index is 0.00789. The molecule has 0 radical (unpaired) electrons. The lowest BCUT2D eigenvalue weighted by molar-refractivity contribution is -0.158. The number of carbonyl (C=O) groups excluding carboxylic acids is 4. The fourth-order valence-electron chi connectivity index (χ4n) is 9.35. The van der Waals surface area contributed by atoms with Gasteiger partial charge in [0.2, 0.25) is 21.8 Å². The number of carbonyl (C=O) groups is 4. The molecule has 7 atom stereocenters. The molecule has 1 N–H and O–H groups in total. The number of sulfonamides is 1. The predicted octanol–water partition coefficient (Wildman–Crippen LogP) is 5.46. The van der Waals surface area contributed by atoms with Crippen LogP contribution in [0.5, 0.6) is 11.6 Å². The van der Waals surface area contributed by atoms with E-state index in [0.29, 0.717) is 48.2 Å². The average molecular weight is 808 g/mol. The molecule has 5 aliphatic rings. The van der Waals surface area contributed by atoms with E-state index < -0.39 is 73.7 Å². The number of ketones is 1. The predicted molar refractivity (Wildman–Crippen MR) is 213 cm³/mol. The van der Waals surface area contributed by atoms with Crippen LogP contribution in [0.15, 0.2) is 41.7 Å². The van der Waals surface area contributed by atoms with Gasteiger partial charge in [-0.2, -0.15) is 0 Å².